The van der Waals surface area contributed by atoms with Gasteiger partial charge < -0.3 is 9.42 Å². The number of aryl methyl sites for hydroxylation is 3. The summed E-state index contributed by atoms with van der Waals surface area (Å²) in [6.45, 7) is 7.11. The van der Waals surface area contributed by atoms with Crippen LogP contribution in [-0.2, 0) is 4.79 Å². The maximum Gasteiger partial charge on any atom is 0.297 e. The lowest BCUT2D eigenvalue weighted by molar-refractivity contribution is -0.121. The minimum Gasteiger partial charge on any atom is -0.360 e. The molecule has 130 valence electrons. The maximum atomic E-state index is 12.8. The van der Waals surface area contributed by atoms with Crippen LogP contribution >= 0.6 is 0 Å². The van der Waals surface area contributed by atoms with Gasteiger partial charge in [-0.2, -0.15) is 5.10 Å². The SMILES string of the molecule is Cc1cccc(N(C)C(=O)[C@H](C)n2nc(C)c3c(C)onc3c2=O)c1. The number of benzene rings is 1. The summed E-state index contributed by atoms with van der Waals surface area (Å²) in [5, 5.41) is 8.73. The zero-order valence-corrected chi connectivity index (χ0v) is 14.9. The van der Waals surface area contributed by atoms with Crippen LogP contribution in [-0.4, -0.2) is 27.9 Å². The van der Waals surface area contributed by atoms with Gasteiger partial charge in [0.25, 0.3) is 11.5 Å². The second-order valence-corrected chi connectivity index (χ2v) is 6.21. The Hall–Kier alpha value is -2.96. The number of rotatable bonds is 3. The number of hydrogen-bond acceptors (Lipinski definition) is 5. The highest BCUT2D eigenvalue weighted by atomic mass is 16.5. The fraction of sp³-hybridized carbons (Fsp3) is 0.333. The molecule has 0 aliphatic heterocycles. The fourth-order valence-corrected chi connectivity index (χ4v) is 2.92. The van der Waals surface area contributed by atoms with Crippen LogP contribution < -0.4 is 10.5 Å². The molecule has 0 fully saturated rings. The Balaban J connectivity index is 2.02. The van der Waals surface area contributed by atoms with Crippen LogP contribution in [0.4, 0.5) is 5.69 Å². The van der Waals surface area contributed by atoms with Crippen molar-refractivity contribution >= 4 is 22.5 Å². The van der Waals surface area contributed by atoms with Gasteiger partial charge in [0, 0.05) is 12.7 Å². The Labute approximate surface area is 144 Å². The summed E-state index contributed by atoms with van der Waals surface area (Å²) in [6, 6.07) is 6.84. The van der Waals surface area contributed by atoms with Crippen molar-refractivity contribution in [3.63, 3.8) is 0 Å². The largest absolute Gasteiger partial charge is 0.360 e. The van der Waals surface area contributed by atoms with Gasteiger partial charge >= 0.3 is 0 Å². The van der Waals surface area contributed by atoms with Gasteiger partial charge in [-0.1, -0.05) is 17.3 Å². The van der Waals surface area contributed by atoms with Crippen molar-refractivity contribution in [3.05, 3.63) is 51.6 Å². The summed E-state index contributed by atoms with van der Waals surface area (Å²) < 4.78 is 6.28. The summed E-state index contributed by atoms with van der Waals surface area (Å²) in [5.74, 6) is 0.305. The lowest BCUT2D eigenvalue weighted by Crippen LogP contribution is -2.38. The fourth-order valence-electron chi connectivity index (χ4n) is 2.92. The molecule has 1 atom stereocenters. The number of hydrogen-bond donors (Lipinski definition) is 0. The lowest BCUT2D eigenvalue weighted by Gasteiger charge is -2.22. The Morgan fingerprint density at radius 3 is 2.68 bits per heavy atom. The van der Waals surface area contributed by atoms with Gasteiger partial charge in [0.05, 0.1) is 11.1 Å². The molecule has 2 heterocycles. The van der Waals surface area contributed by atoms with Gasteiger partial charge in [0.15, 0.2) is 5.52 Å². The third-order valence-corrected chi connectivity index (χ3v) is 4.34. The van der Waals surface area contributed by atoms with Gasteiger partial charge in [-0.3, -0.25) is 9.59 Å². The molecule has 0 unspecified atom stereocenters. The van der Waals surface area contributed by atoms with Crippen molar-refractivity contribution in [3.8, 4) is 0 Å². The number of likely N-dealkylation sites (N-methyl/N-ethyl adjacent to an activating group) is 1. The topological polar surface area (TPSA) is 81.2 Å². The summed E-state index contributed by atoms with van der Waals surface area (Å²) >= 11 is 0. The molecular weight excluding hydrogens is 320 g/mol. The number of anilines is 1. The third-order valence-electron chi connectivity index (χ3n) is 4.34. The van der Waals surface area contributed by atoms with Crippen LogP contribution in [0.25, 0.3) is 10.9 Å². The van der Waals surface area contributed by atoms with E-state index in [-0.39, 0.29) is 11.4 Å². The molecule has 0 spiro atoms. The first kappa shape index (κ1) is 16.9. The van der Waals surface area contributed by atoms with E-state index in [4.69, 9.17) is 4.52 Å². The first-order valence-electron chi connectivity index (χ1n) is 8.01. The standard InChI is InChI=1S/C18H20N4O3/c1-10-7-6-8-14(9-10)21(5)17(23)12(3)22-18(24)16-15(11(2)19-22)13(4)25-20-16/h6-9,12H,1-5H3/t12-/m0/s1. The first-order chi connectivity index (χ1) is 11.8. The first-order valence-corrected chi connectivity index (χ1v) is 8.01. The molecule has 0 aliphatic rings. The summed E-state index contributed by atoms with van der Waals surface area (Å²) in [6.07, 6.45) is 0. The van der Waals surface area contributed by atoms with Crippen LogP contribution in [0.3, 0.4) is 0 Å². The van der Waals surface area contributed by atoms with Crippen molar-refractivity contribution in [2.45, 2.75) is 33.7 Å². The van der Waals surface area contributed by atoms with E-state index < -0.39 is 11.6 Å². The molecule has 0 saturated heterocycles. The minimum absolute atomic E-state index is 0.197. The molecule has 3 rings (SSSR count). The van der Waals surface area contributed by atoms with E-state index in [0.717, 1.165) is 11.3 Å². The normalized spacial score (nSPS) is 12.4. The highest BCUT2D eigenvalue weighted by molar-refractivity contribution is 5.95. The van der Waals surface area contributed by atoms with Crippen molar-refractivity contribution < 1.29 is 9.32 Å². The molecule has 7 heteroatoms. The van der Waals surface area contributed by atoms with E-state index in [1.165, 1.54) is 9.58 Å². The monoisotopic (exact) mass is 340 g/mol. The van der Waals surface area contributed by atoms with Crippen LogP contribution in [0.15, 0.2) is 33.6 Å². The van der Waals surface area contributed by atoms with Crippen LogP contribution in [0.1, 0.15) is 30.0 Å². The van der Waals surface area contributed by atoms with E-state index in [0.29, 0.717) is 16.8 Å². The molecule has 0 bridgehead atoms. The number of carbonyl (C=O) groups excluding carboxylic acids is 1. The molecule has 7 nitrogen and oxygen atoms in total. The summed E-state index contributed by atoms with van der Waals surface area (Å²) in [5.41, 5.74) is 2.18. The Morgan fingerprint density at radius 1 is 1.28 bits per heavy atom. The molecular formula is C18H20N4O3. The zero-order valence-electron chi connectivity index (χ0n) is 14.9. The Kier molecular flexibility index (Phi) is 4.16. The van der Waals surface area contributed by atoms with E-state index >= 15 is 0 Å². The summed E-state index contributed by atoms with van der Waals surface area (Å²) in [7, 11) is 1.68. The molecule has 0 N–H and O–H groups in total. The van der Waals surface area contributed by atoms with Gasteiger partial charge in [-0.05, 0) is 45.4 Å². The van der Waals surface area contributed by atoms with Crippen molar-refractivity contribution in [1.29, 1.82) is 0 Å². The van der Waals surface area contributed by atoms with E-state index in [2.05, 4.69) is 10.3 Å². The zero-order chi connectivity index (χ0) is 18.3. The minimum atomic E-state index is -0.766. The molecule has 0 radical (unpaired) electrons. The van der Waals surface area contributed by atoms with Crippen molar-refractivity contribution in [2.75, 3.05) is 11.9 Å². The van der Waals surface area contributed by atoms with Crippen molar-refractivity contribution in [1.82, 2.24) is 14.9 Å². The van der Waals surface area contributed by atoms with Crippen molar-refractivity contribution in [2.24, 2.45) is 0 Å². The van der Waals surface area contributed by atoms with Gasteiger partial charge in [-0.25, -0.2) is 4.68 Å². The smallest absolute Gasteiger partial charge is 0.297 e. The number of amides is 1. The number of carbonyl (C=O) groups is 1. The Bertz CT molecular complexity index is 1020. The predicted octanol–water partition coefficient (Wildman–Crippen LogP) is 2.53. The van der Waals surface area contributed by atoms with E-state index in [1.807, 2.05) is 31.2 Å². The molecule has 0 saturated carbocycles. The number of fused-ring (bicyclic) bond motifs is 1. The van der Waals surface area contributed by atoms with Crippen LogP contribution in [0.2, 0.25) is 0 Å². The Morgan fingerprint density at radius 2 is 2.00 bits per heavy atom. The van der Waals surface area contributed by atoms with Gasteiger partial charge in [0.2, 0.25) is 0 Å². The highest BCUT2D eigenvalue weighted by Gasteiger charge is 2.25. The molecule has 2 aromatic heterocycles. The van der Waals surface area contributed by atoms with Gasteiger partial charge in [-0.15, -0.1) is 0 Å². The average molecular weight is 340 g/mol. The molecule has 25 heavy (non-hydrogen) atoms. The molecule has 3 aromatic rings. The predicted molar refractivity (Wildman–Crippen MR) is 94.8 cm³/mol. The second kappa shape index (κ2) is 6.16. The maximum absolute atomic E-state index is 12.8. The summed E-state index contributed by atoms with van der Waals surface area (Å²) in [4.78, 5) is 27.0. The molecule has 1 aromatic carbocycles. The third kappa shape index (κ3) is 2.82. The van der Waals surface area contributed by atoms with E-state index in [9.17, 15) is 9.59 Å². The van der Waals surface area contributed by atoms with E-state index in [1.54, 1.807) is 27.8 Å². The number of nitrogens with zero attached hydrogens (tertiary/aromatic N) is 4. The van der Waals surface area contributed by atoms with Crippen LogP contribution in [0, 0.1) is 20.8 Å². The second-order valence-electron chi connectivity index (χ2n) is 6.21. The highest BCUT2D eigenvalue weighted by Crippen LogP contribution is 2.20. The quantitative estimate of drug-likeness (QED) is 0.732. The lowest BCUT2D eigenvalue weighted by atomic mass is 10.2. The molecule has 0 aliphatic carbocycles. The van der Waals surface area contributed by atoms with Gasteiger partial charge in [0.1, 0.15) is 11.8 Å². The van der Waals surface area contributed by atoms with Crippen LogP contribution in [0.5, 0.6) is 0 Å². The molecule has 1 amide bonds. The average Bonchev–Trinajstić information content (AvgIpc) is 2.98. The number of aromatic nitrogens is 3.